The number of aldehydes is 1. The molecule has 0 atom stereocenters. The fraction of sp³-hybridized carbons (Fsp3) is 0.667. The molecule has 0 bridgehead atoms. The molecule has 0 fully saturated rings. The minimum Gasteiger partial charge on any atom is -0.370 e. The Hall–Kier alpha value is -0.860. The highest BCUT2D eigenvalue weighted by Crippen LogP contribution is 1.74. The summed E-state index contributed by atoms with van der Waals surface area (Å²) >= 11 is 0. The maximum atomic E-state index is 9.40. The molecule has 0 saturated heterocycles. The predicted octanol–water partition coefficient (Wildman–Crippen LogP) is 0.477. The van der Waals surface area contributed by atoms with Gasteiger partial charge in [0.1, 0.15) is 6.29 Å². The summed E-state index contributed by atoms with van der Waals surface area (Å²) in [5, 5.41) is 0. The van der Waals surface area contributed by atoms with Crippen LogP contribution in [0.3, 0.4) is 0 Å². The van der Waals surface area contributed by atoms with Gasteiger partial charge in [0.05, 0.1) is 0 Å². The minimum atomic E-state index is -0.333. The lowest BCUT2D eigenvalue weighted by Gasteiger charge is -1.68. The van der Waals surface area contributed by atoms with E-state index in [-0.39, 0.29) is 5.91 Å². The molecule has 0 spiro atoms. The van der Waals surface area contributed by atoms with Crippen LogP contribution >= 0.6 is 0 Å². The highest BCUT2D eigenvalue weighted by molar-refractivity contribution is 5.70. The third kappa shape index (κ3) is 145. The van der Waals surface area contributed by atoms with Crippen molar-refractivity contribution in [2.24, 2.45) is 5.73 Å². The van der Waals surface area contributed by atoms with E-state index in [0.717, 1.165) is 12.7 Å². The first-order valence-corrected chi connectivity index (χ1v) is 2.84. The van der Waals surface area contributed by atoms with E-state index in [1.165, 1.54) is 6.92 Å². The third-order valence-corrected chi connectivity index (χ3v) is 0.407. The summed E-state index contributed by atoms with van der Waals surface area (Å²) in [6.07, 6.45) is 2.61. The van der Waals surface area contributed by atoms with Crippen LogP contribution in [0.5, 0.6) is 0 Å². The standard InChI is InChI=1S/C4H8O.C2H5NO/c1-2-3-4-5;1-2(3)4/h4H,2-3H2,1H3;1H3,(H2,3,4). The molecule has 3 heteroatoms. The second-order valence-corrected chi connectivity index (χ2v) is 1.57. The maximum absolute atomic E-state index is 9.40. The zero-order valence-electron chi connectivity index (χ0n) is 5.89. The molecular weight excluding hydrogens is 118 g/mol. The molecule has 0 rings (SSSR count). The van der Waals surface area contributed by atoms with Crippen LogP contribution in [0.15, 0.2) is 0 Å². The lowest BCUT2D eigenvalue weighted by molar-refractivity contribution is -0.116. The topological polar surface area (TPSA) is 60.2 Å². The number of rotatable bonds is 2. The van der Waals surface area contributed by atoms with Crippen LogP contribution in [0.4, 0.5) is 0 Å². The number of hydrogen-bond acceptors (Lipinski definition) is 2. The molecule has 0 unspecified atom stereocenters. The summed E-state index contributed by atoms with van der Waals surface area (Å²) in [5.41, 5.74) is 4.47. The average Bonchev–Trinajstić information content (AvgIpc) is 1.66. The number of carbonyl (C=O) groups excluding carboxylic acids is 2. The first-order chi connectivity index (χ1) is 4.15. The van der Waals surface area contributed by atoms with Gasteiger partial charge < -0.3 is 10.5 Å². The summed E-state index contributed by atoms with van der Waals surface area (Å²) in [5.74, 6) is -0.333. The minimum absolute atomic E-state index is 0.333. The van der Waals surface area contributed by atoms with Crippen LogP contribution in [0.2, 0.25) is 0 Å². The molecule has 0 aromatic carbocycles. The van der Waals surface area contributed by atoms with Gasteiger partial charge >= 0.3 is 0 Å². The monoisotopic (exact) mass is 131 g/mol. The van der Waals surface area contributed by atoms with Gasteiger partial charge in [-0.15, -0.1) is 0 Å². The lowest BCUT2D eigenvalue weighted by atomic mass is 10.4. The number of unbranched alkanes of at least 4 members (excludes halogenated alkanes) is 1. The number of nitrogens with two attached hydrogens (primary N) is 1. The molecule has 0 aromatic rings. The molecule has 54 valence electrons. The number of hydrogen-bond donors (Lipinski definition) is 1. The molecule has 3 nitrogen and oxygen atoms in total. The van der Waals surface area contributed by atoms with Gasteiger partial charge in [0.15, 0.2) is 0 Å². The predicted molar refractivity (Wildman–Crippen MR) is 35.8 cm³/mol. The zero-order valence-corrected chi connectivity index (χ0v) is 5.89. The Kier molecular flexibility index (Phi) is 12.5. The maximum Gasteiger partial charge on any atom is 0.214 e. The SMILES string of the molecule is CC(N)=O.CCCC=O. The number of amides is 1. The van der Waals surface area contributed by atoms with E-state index in [1.54, 1.807) is 0 Å². The Morgan fingerprint density at radius 1 is 1.67 bits per heavy atom. The largest absolute Gasteiger partial charge is 0.370 e. The van der Waals surface area contributed by atoms with Crippen molar-refractivity contribution in [3.63, 3.8) is 0 Å². The Morgan fingerprint density at radius 3 is 2.00 bits per heavy atom. The van der Waals surface area contributed by atoms with Crippen molar-refractivity contribution in [2.45, 2.75) is 26.7 Å². The van der Waals surface area contributed by atoms with Crippen molar-refractivity contribution in [1.82, 2.24) is 0 Å². The van der Waals surface area contributed by atoms with Crippen molar-refractivity contribution in [2.75, 3.05) is 0 Å². The van der Waals surface area contributed by atoms with E-state index >= 15 is 0 Å². The van der Waals surface area contributed by atoms with E-state index in [9.17, 15) is 9.59 Å². The molecular formula is C6H13NO2. The van der Waals surface area contributed by atoms with E-state index in [0.29, 0.717) is 6.42 Å². The van der Waals surface area contributed by atoms with Crippen LogP contribution in [0.25, 0.3) is 0 Å². The molecule has 9 heavy (non-hydrogen) atoms. The van der Waals surface area contributed by atoms with Crippen LogP contribution in [-0.2, 0) is 9.59 Å². The smallest absolute Gasteiger partial charge is 0.214 e. The van der Waals surface area contributed by atoms with Crippen LogP contribution in [0, 0.1) is 0 Å². The van der Waals surface area contributed by atoms with E-state index < -0.39 is 0 Å². The molecule has 2 N–H and O–H groups in total. The molecule has 0 saturated carbocycles. The Labute approximate surface area is 55.2 Å². The molecule has 0 radical (unpaired) electrons. The van der Waals surface area contributed by atoms with E-state index in [2.05, 4.69) is 5.73 Å². The Bertz CT molecular complexity index is 77.1. The first kappa shape index (κ1) is 11.0. The van der Waals surface area contributed by atoms with Gasteiger partial charge in [-0.05, 0) is 6.42 Å². The van der Waals surface area contributed by atoms with Crippen molar-refractivity contribution in [3.05, 3.63) is 0 Å². The fourth-order valence-corrected chi connectivity index (χ4v) is 0.118. The fourth-order valence-electron chi connectivity index (χ4n) is 0.118. The van der Waals surface area contributed by atoms with Gasteiger partial charge in [0.25, 0.3) is 0 Å². The van der Waals surface area contributed by atoms with Gasteiger partial charge in [-0.25, -0.2) is 0 Å². The van der Waals surface area contributed by atoms with Crippen LogP contribution in [-0.4, -0.2) is 12.2 Å². The summed E-state index contributed by atoms with van der Waals surface area (Å²) in [6.45, 7) is 3.29. The summed E-state index contributed by atoms with van der Waals surface area (Å²) < 4.78 is 0. The molecule has 0 aliphatic heterocycles. The van der Waals surface area contributed by atoms with Gasteiger partial charge in [0.2, 0.25) is 5.91 Å². The van der Waals surface area contributed by atoms with Crippen molar-refractivity contribution in [3.8, 4) is 0 Å². The van der Waals surface area contributed by atoms with E-state index in [1.807, 2.05) is 6.92 Å². The van der Waals surface area contributed by atoms with Gasteiger partial charge in [-0.3, -0.25) is 4.79 Å². The second-order valence-electron chi connectivity index (χ2n) is 1.57. The van der Waals surface area contributed by atoms with Gasteiger partial charge in [-0.2, -0.15) is 0 Å². The van der Waals surface area contributed by atoms with Gasteiger partial charge in [0, 0.05) is 13.3 Å². The normalized spacial score (nSPS) is 6.89. The summed E-state index contributed by atoms with van der Waals surface area (Å²) in [6, 6.07) is 0. The second kappa shape index (κ2) is 10.2. The Balaban J connectivity index is 0. The number of primary amides is 1. The van der Waals surface area contributed by atoms with Crippen molar-refractivity contribution in [1.29, 1.82) is 0 Å². The molecule has 0 aliphatic rings. The molecule has 1 amide bonds. The molecule has 0 heterocycles. The first-order valence-electron chi connectivity index (χ1n) is 2.84. The number of carbonyl (C=O) groups is 2. The van der Waals surface area contributed by atoms with Crippen LogP contribution < -0.4 is 5.73 Å². The van der Waals surface area contributed by atoms with Crippen molar-refractivity contribution < 1.29 is 9.59 Å². The quantitative estimate of drug-likeness (QED) is 0.554. The summed E-state index contributed by atoms with van der Waals surface area (Å²) in [4.78, 5) is 18.6. The van der Waals surface area contributed by atoms with Gasteiger partial charge in [-0.1, -0.05) is 6.92 Å². The molecule has 0 aromatic heterocycles. The third-order valence-electron chi connectivity index (χ3n) is 0.407. The molecule has 0 aliphatic carbocycles. The summed E-state index contributed by atoms with van der Waals surface area (Å²) in [7, 11) is 0. The van der Waals surface area contributed by atoms with E-state index in [4.69, 9.17) is 0 Å². The lowest BCUT2D eigenvalue weighted by Crippen LogP contribution is -2.01. The Morgan fingerprint density at radius 2 is 2.00 bits per heavy atom. The highest BCUT2D eigenvalue weighted by Gasteiger charge is 1.66. The zero-order chi connectivity index (χ0) is 7.70. The van der Waals surface area contributed by atoms with Crippen molar-refractivity contribution >= 4 is 12.2 Å². The average molecular weight is 131 g/mol. The highest BCUT2D eigenvalue weighted by atomic mass is 16.1. The van der Waals surface area contributed by atoms with Crippen LogP contribution in [0.1, 0.15) is 26.7 Å².